The van der Waals surface area contributed by atoms with Gasteiger partial charge in [0.1, 0.15) is 0 Å². The van der Waals surface area contributed by atoms with Crippen LogP contribution in [0.1, 0.15) is 6.92 Å². The van der Waals surface area contributed by atoms with E-state index in [-0.39, 0.29) is 5.91 Å². The zero-order valence-electron chi connectivity index (χ0n) is 7.64. The molecule has 0 atom stereocenters. The van der Waals surface area contributed by atoms with Crippen LogP contribution in [0.5, 0.6) is 0 Å². The topological polar surface area (TPSA) is 20.3 Å². The number of rotatable bonds is 1. The molecule has 0 saturated heterocycles. The Labute approximate surface area is 108 Å². The fraction of sp³-hybridized carbons (Fsp3) is 0.222. The summed E-state index contributed by atoms with van der Waals surface area (Å²) in [6.45, 7) is 1.53. The number of hydrogen-bond donors (Lipinski definition) is 0. The van der Waals surface area contributed by atoms with Crippen molar-refractivity contribution < 1.29 is 4.79 Å². The first-order valence-electron chi connectivity index (χ1n) is 3.82. The molecule has 76 valence electrons. The van der Waals surface area contributed by atoms with Crippen LogP contribution in [0.15, 0.2) is 25.6 Å². The first-order valence-corrected chi connectivity index (χ1v) is 6.20. The van der Waals surface area contributed by atoms with Crippen LogP contribution in [-0.4, -0.2) is 13.0 Å². The van der Waals surface area contributed by atoms with Crippen LogP contribution in [0.3, 0.4) is 0 Å². The van der Waals surface area contributed by atoms with E-state index in [0.717, 1.165) is 19.1 Å². The molecule has 1 aromatic rings. The zero-order valence-corrected chi connectivity index (χ0v) is 12.4. The van der Waals surface area contributed by atoms with Gasteiger partial charge in [0.05, 0.1) is 5.69 Å². The number of benzene rings is 1. The molecular weight excluding hydrogens is 378 g/mol. The third-order valence-electron chi connectivity index (χ3n) is 1.79. The van der Waals surface area contributed by atoms with Gasteiger partial charge >= 0.3 is 0 Å². The van der Waals surface area contributed by atoms with Crippen molar-refractivity contribution in [1.29, 1.82) is 0 Å². The normalized spacial score (nSPS) is 10.1. The maximum atomic E-state index is 11.2. The maximum absolute atomic E-state index is 11.2. The quantitative estimate of drug-likeness (QED) is 0.716. The molecule has 0 bridgehead atoms. The van der Waals surface area contributed by atoms with E-state index in [9.17, 15) is 4.79 Å². The minimum Gasteiger partial charge on any atom is -0.314 e. The second kappa shape index (κ2) is 4.77. The average Bonchev–Trinajstić information content (AvgIpc) is 2.01. The monoisotopic (exact) mass is 383 g/mol. The van der Waals surface area contributed by atoms with Gasteiger partial charge in [-0.15, -0.1) is 0 Å². The molecule has 0 radical (unpaired) electrons. The third-order valence-corrected chi connectivity index (χ3v) is 3.46. The van der Waals surface area contributed by atoms with Gasteiger partial charge < -0.3 is 4.90 Å². The van der Waals surface area contributed by atoms with Crippen molar-refractivity contribution in [2.24, 2.45) is 0 Å². The molecule has 0 aliphatic carbocycles. The van der Waals surface area contributed by atoms with Gasteiger partial charge in [0.15, 0.2) is 0 Å². The molecule has 2 nitrogen and oxygen atoms in total. The Morgan fingerprint density at radius 3 is 2.00 bits per heavy atom. The first-order chi connectivity index (χ1) is 6.43. The summed E-state index contributed by atoms with van der Waals surface area (Å²) in [5.74, 6) is -0.00581. The molecule has 0 aliphatic rings. The lowest BCUT2D eigenvalue weighted by Gasteiger charge is -2.18. The number of nitrogens with zero attached hydrogens (tertiary/aromatic N) is 1. The van der Waals surface area contributed by atoms with Crippen LogP contribution in [0.4, 0.5) is 5.69 Å². The standard InChI is InChI=1S/C9H8Br3NO/c1-5(14)13(2)9-7(11)3-6(10)4-8(9)12/h3-4H,1-2H3. The summed E-state index contributed by atoms with van der Waals surface area (Å²) in [7, 11) is 1.74. The van der Waals surface area contributed by atoms with Crippen molar-refractivity contribution in [1.82, 2.24) is 0 Å². The highest BCUT2D eigenvalue weighted by Gasteiger charge is 2.13. The molecule has 1 rings (SSSR count). The van der Waals surface area contributed by atoms with Gasteiger partial charge in [0, 0.05) is 27.4 Å². The first kappa shape index (κ1) is 12.2. The van der Waals surface area contributed by atoms with Crippen molar-refractivity contribution in [2.45, 2.75) is 6.92 Å². The Morgan fingerprint density at radius 2 is 1.64 bits per heavy atom. The number of amides is 1. The van der Waals surface area contributed by atoms with Crippen LogP contribution in [-0.2, 0) is 4.79 Å². The van der Waals surface area contributed by atoms with E-state index in [2.05, 4.69) is 47.8 Å². The highest BCUT2D eigenvalue weighted by atomic mass is 79.9. The summed E-state index contributed by atoms with van der Waals surface area (Å²) in [6, 6.07) is 3.80. The van der Waals surface area contributed by atoms with Gasteiger partial charge in [-0.25, -0.2) is 0 Å². The highest BCUT2D eigenvalue weighted by Crippen LogP contribution is 2.36. The zero-order chi connectivity index (χ0) is 10.9. The molecule has 14 heavy (non-hydrogen) atoms. The van der Waals surface area contributed by atoms with Crippen molar-refractivity contribution in [3.8, 4) is 0 Å². The van der Waals surface area contributed by atoms with Gasteiger partial charge in [-0.2, -0.15) is 0 Å². The SMILES string of the molecule is CC(=O)N(C)c1c(Br)cc(Br)cc1Br. The Morgan fingerprint density at radius 1 is 1.21 bits per heavy atom. The molecule has 0 saturated carbocycles. The van der Waals surface area contributed by atoms with Crippen LogP contribution in [0, 0.1) is 0 Å². The van der Waals surface area contributed by atoms with Crippen LogP contribution >= 0.6 is 47.8 Å². The predicted octanol–water partition coefficient (Wildman–Crippen LogP) is 3.96. The molecule has 1 aromatic carbocycles. The third kappa shape index (κ3) is 2.58. The van der Waals surface area contributed by atoms with Crippen LogP contribution < -0.4 is 4.90 Å². The lowest BCUT2D eigenvalue weighted by atomic mass is 10.3. The predicted molar refractivity (Wildman–Crippen MR) is 68.6 cm³/mol. The Bertz CT molecular complexity index is 355. The second-order valence-corrected chi connectivity index (χ2v) is 5.42. The number of anilines is 1. The summed E-state index contributed by atoms with van der Waals surface area (Å²) < 4.78 is 2.70. The number of hydrogen-bond acceptors (Lipinski definition) is 1. The number of carbonyl (C=O) groups excluding carboxylic acids is 1. The minimum atomic E-state index is -0.00581. The lowest BCUT2D eigenvalue weighted by molar-refractivity contribution is -0.116. The molecule has 0 spiro atoms. The highest BCUT2D eigenvalue weighted by molar-refractivity contribution is 9.11. The Balaban J connectivity index is 3.27. The average molecular weight is 386 g/mol. The van der Waals surface area contributed by atoms with E-state index < -0.39 is 0 Å². The summed E-state index contributed by atoms with van der Waals surface area (Å²) >= 11 is 10.2. The van der Waals surface area contributed by atoms with Crippen molar-refractivity contribution in [2.75, 3.05) is 11.9 Å². The van der Waals surface area contributed by atoms with E-state index >= 15 is 0 Å². The molecule has 0 unspecified atom stereocenters. The summed E-state index contributed by atoms with van der Waals surface area (Å²) in [4.78, 5) is 12.8. The van der Waals surface area contributed by atoms with Crippen LogP contribution in [0.25, 0.3) is 0 Å². The number of halogens is 3. The van der Waals surface area contributed by atoms with Crippen molar-refractivity contribution >= 4 is 59.4 Å². The minimum absolute atomic E-state index is 0.00581. The fourth-order valence-corrected chi connectivity index (χ4v) is 3.80. The van der Waals surface area contributed by atoms with Gasteiger partial charge in [0.2, 0.25) is 5.91 Å². The number of carbonyl (C=O) groups is 1. The molecule has 0 fully saturated rings. The smallest absolute Gasteiger partial charge is 0.223 e. The van der Waals surface area contributed by atoms with E-state index in [1.807, 2.05) is 12.1 Å². The van der Waals surface area contributed by atoms with E-state index in [1.165, 1.54) is 6.92 Å². The van der Waals surface area contributed by atoms with Crippen LogP contribution in [0.2, 0.25) is 0 Å². The lowest BCUT2D eigenvalue weighted by Crippen LogP contribution is -2.23. The molecular formula is C9H8Br3NO. The van der Waals surface area contributed by atoms with E-state index in [4.69, 9.17) is 0 Å². The largest absolute Gasteiger partial charge is 0.314 e. The summed E-state index contributed by atoms with van der Waals surface area (Å²) in [5, 5.41) is 0. The molecule has 0 aliphatic heterocycles. The van der Waals surface area contributed by atoms with Crippen molar-refractivity contribution in [3.63, 3.8) is 0 Å². The van der Waals surface area contributed by atoms with Crippen molar-refractivity contribution in [3.05, 3.63) is 25.6 Å². The Hall–Kier alpha value is 0.130. The summed E-state index contributed by atoms with van der Waals surface area (Å²) in [6.07, 6.45) is 0. The van der Waals surface area contributed by atoms with Gasteiger partial charge in [-0.05, 0) is 44.0 Å². The van der Waals surface area contributed by atoms with E-state index in [0.29, 0.717) is 0 Å². The van der Waals surface area contributed by atoms with Gasteiger partial charge in [-0.1, -0.05) is 15.9 Å². The second-order valence-electron chi connectivity index (χ2n) is 2.80. The summed E-state index contributed by atoms with van der Waals surface area (Å²) in [5.41, 5.74) is 0.834. The van der Waals surface area contributed by atoms with E-state index in [1.54, 1.807) is 11.9 Å². The molecule has 0 aromatic heterocycles. The molecule has 1 amide bonds. The fourth-order valence-electron chi connectivity index (χ4n) is 1.01. The molecule has 5 heteroatoms. The molecule has 0 heterocycles. The van der Waals surface area contributed by atoms with Gasteiger partial charge in [-0.3, -0.25) is 4.79 Å². The van der Waals surface area contributed by atoms with Gasteiger partial charge in [0.25, 0.3) is 0 Å². The molecule has 0 N–H and O–H groups in total. The Kier molecular flexibility index (Phi) is 4.15. The maximum Gasteiger partial charge on any atom is 0.223 e.